The Morgan fingerprint density at radius 1 is 1.19 bits per heavy atom. The fourth-order valence-electron chi connectivity index (χ4n) is 2.40. The van der Waals surface area contributed by atoms with Crippen LogP contribution in [0.3, 0.4) is 0 Å². The molecule has 0 aliphatic rings. The zero-order valence-electron chi connectivity index (χ0n) is 14.9. The Balaban J connectivity index is 2.01. The molecule has 0 aliphatic carbocycles. The summed E-state index contributed by atoms with van der Waals surface area (Å²) < 4.78 is 0. The van der Waals surface area contributed by atoms with Crippen molar-refractivity contribution >= 4 is 35.2 Å². The predicted molar refractivity (Wildman–Crippen MR) is 109 cm³/mol. The minimum absolute atomic E-state index is 0.256. The van der Waals surface area contributed by atoms with E-state index in [1.54, 1.807) is 60.3 Å². The van der Waals surface area contributed by atoms with Crippen LogP contribution in [0.4, 0.5) is 0 Å². The van der Waals surface area contributed by atoms with Gasteiger partial charge in [-0.25, -0.2) is 0 Å². The molecule has 2 aromatic rings. The highest BCUT2D eigenvalue weighted by molar-refractivity contribution is 7.98. The summed E-state index contributed by atoms with van der Waals surface area (Å²) in [4.78, 5) is 25.1. The van der Waals surface area contributed by atoms with E-state index < -0.39 is 6.04 Å². The van der Waals surface area contributed by atoms with Crippen LogP contribution in [0.25, 0.3) is 0 Å². The number of rotatable bonds is 8. The Labute approximate surface area is 168 Å². The highest BCUT2D eigenvalue weighted by Gasteiger charge is 2.21. The summed E-state index contributed by atoms with van der Waals surface area (Å²) in [5.74, 6) is 0.103. The second kappa shape index (κ2) is 10.6. The third-order valence-electron chi connectivity index (χ3n) is 3.90. The summed E-state index contributed by atoms with van der Waals surface area (Å²) in [7, 11) is 0. The lowest BCUT2D eigenvalue weighted by atomic mass is 10.1. The van der Waals surface area contributed by atoms with E-state index in [1.165, 1.54) is 0 Å². The molecule has 0 aliphatic heterocycles. The van der Waals surface area contributed by atoms with Gasteiger partial charge in [-0.1, -0.05) is 35.9 Å². The zero-order chi connectivity index (χ0) is 19.6. The van der Waals surface area contributed by atoms with Crippen molar-refractivity contribution in [2.75, 3.05) is 12.0 Å². The largest absolute Gasteiger partial charge is 0.350 e. The average molecular weight is 402 g/mol. The van der Waals surface area contributed by atoms with Crippen molar-refractivity contribution in [3.63, 3.8) is 0 Å². The number of carbonyl (C=O) groups is 2. The predicted octanol–water partition coefficient (Wildman–Crippen LogP) is 3.38. The molecule has 0 saturated carbocycles. The first-order valence-electron chi connectivity index (χ1n) is 8.36. The number of halogens is 1. The molecule has 27 heavy (non-hydrogen) atoms. The van der Waals surface area contributed by atoms with Gasteiger partial charge in [-0.2, -0.15) is 17.0 Å². The quantitative estimate of drug-likeness (QED) is 0.710. The minimum Gasteiger partial charge on any atom is -0.350 e. The van der Waals surface area contributed by atoms with E-state index in [-0.39, 0.29) is 11.8 Å². The maximum Gasteiger partial charge on any atom is 0.253 e. The molecule has 2 N–H and O–H groups in total. The van der Waals surface area contributed by atoms with Crippen molar-refractivity contribution in [3.05, 3.63) is 70.2 Å². The first-order valence-corrected chi connectivity index (χ1v) is 10.1. The highest BCUT2D eigenvalue weighted by Crippen LogP contribution is 2.15. The van der Waals surface area contributed by atoms with Crippen LogP contribution in [-0.2, 0) is 11.3 Å². The van der Waals surface area contributed by atoms with Gasteiger partial charge in [-0.05, 0) is 48.3 Å². The Kier molecular flexibility index (Phi) is 8.18. The second-order valence-electron chi connectivity index (χ2n) is 5.81. The van der Waals surface area contributed by atoms with Crippen molar-refractivity contribution in [3.8, 4) is 6.07 Å². The SMILES string of the molecule is CSCCC(NC(=O)c1ccccc1Cl)C(=O)NCc1ccc(C#N)cc1. The molecule has 0 radical (unpaired) electrons. The van der Waals surface area contributed by atoms with Crippen LogP contribution in [0.1, 0.15) is 27.9 Å². The number of amides is 2. The maximum absolute atomic E-state index is 12.6. The molecule has 0 saturated heterocycles. The average Bonchev–Trinajstić information content (AvgIpc) is 2.69. The molecule has 2 aromatic carbocycles. The molecule has 0 aromatic heterocycles. The summed E-state index contributed by atoms with van der Waals surface area (Å²) in [5, 5.41) is 14.8. The molecular formula is C20H20ClN3O2S. The Hall–Kier alpha value is -2.49. The topological polar surface area (TPSA) is 82.0 Å². The van der Waals surface area contributed by atoms with E-state index in [1.807, 2.05) is 6.26 Å². The van der Waals surface area contributed by atoms with Gasteiger partial charge in [0.25, 0.3) is 5.91 Å². The zero-order valence-corrected chi connectivity index (χ0v) is 16.4. The van der Waals surface area contributed by atoms with Gasteiger partial charge in [0.2, 0.25) is 5.91 Å². The van der Waals surface area contributed by atoms with Gasteiger partial charge < -0.3 is 10.6 Å². The van der Waals surface area contributed by atoms with Gasteiger partial charge in [0.1, 0.15) is 6.04 Å². The van der Waals surface area contributed by atoms with Gasteiger partial charge >= 0.3 is 0 Å². The molecule has 7 heteroatoms. The number of nitriles is 1. The lowest BCUT2D eigenvalue weighted by Gasteiger charge is -2.18. The first kappa shape index (κ1) is 20.8. The van der Waals surface area contributed by atoms with E-state index in [2.05, 4.69) is 16.7 Å². The van der Waals surface area contributed by atoms with Crippen LogP contribution in [0, 0.1) is 11.3 Å². The molecule has 0 spiro atoms. The van der Waals surface area contributed by atoms with E-state index in [0.717, 1.165) is 11.3 Å². The van der Waals surface area contributed by atoms with Crippen molar-refractivity contribution in [1.29, 1.82) is 5.26 Å². The molecule has 1 unspecified atom stereocenters. The van der Waals surface area contributed by atoms with Gasteiger partial charge in [0.15, 0.2) is 0 Å². The Morgan fingerprint density at radius 3 is 2.52 bits per heavy atom. The summed E-state index contributed by atoms with van der Waals surface area (Å²) in [5.41, 5.74) is 1.78. The van der Waals surface area contributed by atoms with E-state index >= 15 is 0 Å². The van der Waals surface area contributed by atoms with Crippen molar-refractivity contribution in [2.45, 2.75) is 19.0 Å². The number of benzene rings is 2. The molecule has 2 rings (SSSR count). The van der Waals surface area contributed by atoms with Crippen LogP contribution >= 0.6 is 23.4 Å². The number of nitrogens with zero attached hydrogens (tertiary/aromatic N) is 1. The minimum atomic E-state index is -0.653. The van der Waals surface area contributed by atoms with E-state index in [9.17, 15) is 9.59 Å². The van der Waals surface area contributed by atoms with Gasteiger partial charge in [0, 0.05) is 6.54 Å². The first-order chi connectivity index (χ1) is 13.0. The summed E-state index contributed by atoms with van der Waals surface area (Å²) >= 11 is 7.67. The second-order valence-corrected chi connectivity index (χ2v) is 7.21. The van der Waals surface area contributed by atoms with Crippen molar-refractivity contribution in [1.82, 2.24) is 10.6 Å². The third-order valence-corrected chi connectivity index (χ3v) is 4.87. The normalized spacial score (nSPS) is 11.3. The molecule has 5 nitrogen and oxygen atoms in total. The molecule has 0 fully saturated rings. The van der Waals surface area contributed by atoms with Crippen molar-refractivity contribution in [2.24, 2.45) is 0 Å². The molecule has 0 heterocycles. The molecule has 1 atom stereocenters. The lowest BCUT2D eigenvalue weighted by Crippen LogP contribution is -2.47. The Bertz CT molecular complexity index is 834. The van der Waals surface area contributed by atoms with Crippen molar-refractivity contribution < 1.29 is 9.59 Å². The highest BCUT2D eigenvalue weighted by atomic mass is 35.5. The van der Waals surface area contributed by atoms with E-state index in [4.69, 9.17) is 16.9 Å². The number of hydrogen-bond acceptors (Lipinski definition) is 4. The van der Waals surface area contributed by atoms with Crippen LogP contribution < -0.4 is 10.6 Å². The van der Waals surface area contributed by atoms with Crippen LogP contribution in [0.15, 0.2) is 48.5 Å². The monoisotopic (exact) mass is 401 g/mol. The third kappa shape index (κ3) is 6.31. The fourth-order valence-corrected chi connectivity index (χ4v) is 3.09. The lowest BCUT2D eigenvalue weighted by molar-refractivity contribution is -0.123. The van der Waals surface area contributed by atoms with Gasteiger partial charge in [0.05, 0.1) is 22.2 Å². The summed E-state index contributed by atoms with van der Waals surface area (Å²) in [6, 6.07) is 15.1. The maximum atomic E-state index is 12.6. The summed E-state index contributed by atoms with van der Waals surface area (Å²) in [6.07, 6.45) is 2.46. The molecule has 0 bridgehead atoms. The number of nitrogens with one attached hydrogen (secondary N) is 2. The number of hydrogen-bond donors (Lipinski definition) is 2. The Morgan fingerprint density at radius 2 is 1.89 bits per heavy atom. The van der Waals surface area contributed by atoms with Crippen LogP contribution in [0.2, 0.25) is 5.02 Å². The van der Waals surface area contributed by atoms with Gasteiger partial charge in [-0.3, -0.25) is 9.59 Å². The van der Waals surface area contributed by atoms with E-state index in [0.29, 0.717) is 29.1 Å². The number of carbonyl (C=O) groups excluding carboxylic acids is 2. The fraction of sp³-hybridized carbons (Fsp3) is 0.250. The van der Waals surface area contributed by atoms with Crippen LogP contribution in [-0.4, -0.2) is 29.9 Å². The molecule has 140 valence electrons. The van der Waals surface area contributed by atoms with Gasteiger partial charge in [-0.15, -0.1) is 0 Å². The number of thioether (sulfide) groups is 1. The summed E-state index contributed by atoms with van der Waals surface area (Å²) in [6.45, 7) is 0.322. The molecular weight excluding hydrogens is 382 g/mol. The standard InChI is InChI=1S/C20H20ClN3O2S/c1-27-11-10-18(24-19(25)16-4-2-3-5-17(16)21)20(26)23-13-15-8-6-14(12-22)7-9-15/h2-9,18H,10-11,13H2,1H3,(H,23,26)(H,24,25). The smallest absolute Gasteiger partial charge is 0.253 e. The van der Waals surface area contributed by atoms with Crippen LogP contribution in [0.5, 0.6) is 0 Å². The molecule has 2 amide bonds.